The van der Waals surface area contributed by atoms with Crippen LogP contribution in [0.1, 0.15) is 5.69 Å². The molecular formula is C22H15N3. The molecule has 0 saturated carbocycles. The summed E-state index contributed by atoms with van der Waals surface area (Å²) in [5.74, 6) is 0. The van der Waals surface area contributed by atoms with E-state index in [4.69, 9.17) is 9.97 Å². The van der Waals surface area contributed by atoms with E-state index in [1.165, 1.54) is 10.8 Å². The summed E-state index contributed by atoms with van der Waals surface area (Å²) in [5, 5.41) is 3.47. The molecule has 2 aromatic heterocycles. The highest BCUT2D eigenvalue weighted by Gasteiger charge is 2.11. The van der Waals surface area contributed by atoms with Gasteiger partial charge in [-0.15, -0.1) is 0 Å². The molecule has 0 amide bonds. The van der Waals surface area contributed by atoms with E-state index in [0.717, 1.165) is 38.9 Å². The maximum atomic E-state index is 4.98. The van der Waals surface area contributed by atoms with Gasteiger partial charge in [-0.2, -0.15) is 0 Å². The molecule has 0 spiro atoms. The number of fused-ring (bicyclic) bond motifs is 4. The molecule has 0 aliphatic rings. The highest BCUT2D eigenvalue weighted by atomic mass is 14.8. The van der Waals surface area contributed by atoms with Crippen LogP contribution in [0.15, 0.2) is 72.9 Å². The van der Waals surface area contributed by atoms with Gasteiger partial charge >= 0.3 is 0 Å². The van der Waals surface area contributed by atoms with Crippen molar-refractivity contribution >= 4 is 32.7 Å². The molecule has 5 rings (SSSR count). The molecule has 0 unspecified atom stereocenters. The predicted octanol–water partition coefficient (Wildman–Crippen LogP) is 5.31. The van der Waals surface area contributed by atoms with Crippen molar-refractivity contribution in [2.75, 3.05) is 0 Å². The molecule has 0 aliphatic heterocycles. The molecule has 0 aliphatic carbocycles. The van der Waals surface area contributed by atoms with E-state index in [1.807, 2.05) is 25.1 Å². The smallest absolute Gasteiger partial charge is 0.0988 e. The molecule has 2 heterocycles. The van der Waals surface area contributed by atoms with E-state index in [0.29, 0.717) is 0 Å². The average Bonchev–Trinajstić information content (AvgIpc) is 2.67. The van der Waals surface area contributed by atoms with Gasteiger partial charge in [-0.05, 0) is 48.0 Å². The number of rotatable bonds is 1. The van der Waals surface area contributed by atoms with E-state index < -0.39 is 0 Å². The van der Waals surface area contributed by atoms with Crippen LogP contribution in [0.25, 0.3) is 44.0 Å². The quantitative estimate of drug-likeness (QED) is 0.393. The van der Waals surface area contributed by atoms with Gasteiger partial charge in [0.15, 0.2) is 0 Å². The SMILES string of the molecule is Cc1nc2ccc3ncccc3c2nc1-c1ccc2ccccc2c1. The topological polar surface area (TPSA) is 38.7 Å². The van der Waals surface area contributed by atoms with Crippen molar-refractivity contribution in [2.45, 2.75) is 6.92 Å². The number of pyridine rings is 1. The highest BCUT2D eigenvalue weighted by Crippen LogP contribution is 2.28. The number of nitrogens with zero attached hydrogens (tertiary/aromatic N) is 3. The van der Waals surface area contributed by atoms with E-state index in [9.17, 15) is 0 Å². The Morgan fingerprint density at radius 2 is 1.56 bits per heavy atom. The van der Waals surface area contributed by atoms with Crippen LogP contribution >= 0.6 is 0 Å². The van der Waals surface area contributed by atoms with Crippen LogP contribution in [0.3, 0.4) is 0 Å². The maximum Gasteiger partial charge on any atom is 0.0988 e. The first-order valence-corrected chi connectivity index (χ1v) is 8.31. The summed E-state index contributed by atoms with van der Waals surface area (Å²) in [6.45, 7) is 2.02. The minimum atomic E-state index is 0.902. The Morgan fingerprint density at radius 3 is 2.48 bits per heavy atom. The van der Waals surface area contributed by atoms with Crippen LogP contribution in [0.5, 0.6) is 0 Å². The van der Waals surface area contributed by atoms with Gasteiger partial charge < -0.3 is 0 Å². The number of aryl methyl sites for hydroxylation is 1. The van der Waals surface area contributed by atoms with Crippen LogP contribution in [-0.4, -0.2) is 15.0 Å². The van der Waals surface area contributed by atoms with Crippen molar-refractivity contribution < 1.29 is 0 Å². The number of hydrogen-bond donors (Lipinski definition) is 0. The molecule has 0 N–H and O–H groups in total. The second-order valence-corrected chi connectivity index (χ2v) is 6.22. The van der Waals surface area contributed by atoms with E-state index in [-0.39, 0.29) is 0 Å². The van der Waals surface area contributed by atoms with Gasteiger partial charge in [0.1, 0.15) is 0 Å². The van der Waals surface area contributed by atoms with Crippen LogP contribution in [-0.2, 0) is 0 Å². The van der Waals surface area contributed by atoms with Gasteiger partial charge in [-0.3, -0.25) is 4.98 Å². The molecule has 118 valence electrons. The molecule has 25 heavy (non-hydrogen) atoms. The van der Waals surface area contributed by atoms with E-state index in [1.54, 1.807) is 6.20 Å². The summed E-state index contributed by atoms with van der Waals surface area (Å²) in [5.41, 5.74) is 5.70. The lowest BCUT2D eigenvalue weighted by atomic mass is 10.0. The summed E-state index contributed by atoms with van der Waals surface area (Å²) < 4.78 is 0. The lowest BCUT2D eigenvalue weighted by Gasteiger charge is -2.09. The lowest BCUT2D eigenvalue weighted by molar-refractivity contribution is 1.19. The zero-order chi connectivity index (χ0) is 16.8. The first-order valence-electron chi connectivity index (χ1n) is 8.31. The molecule has 5 aromatic rings. The zero-order valence-corrected chi connectivity index (χ0v) is 13.8. The number of hydrogen-bond acceptors (Lipinski definition) is 3. The Morgan fingerprint density at radius 1 is 0.720 bits per heavy atom. The molecule has 0 saturated heterocycles. The van der Waals surface area contributed by atoms with Crippen LogP contribution in [0.4, 0.5) is 0 Å². The van der Waals surface area contributed by atoms with E-state index >= 15 is 0 Å². The summed E-state index contributed by atoms with van der Waals surface area (Å²) in [7, 11) is 0. The summed E-state index contributed by atoms with van der Waals surface area (Å²) in [6, 6.07) is 22.8. The minimum absolute atomic E-state index is 0.902. The summed E-state index contributed by atoms with van der Waals surface area (Å²) in [6.07, 6.45) is 1.81. The Labute approximate surface area is 145 Å². The van der Waals surface area contributed by atoms with Crippen molar-refractivity contribution in [3.8, 4) is 11.3 Å². The molecular weight excluding hydrogens is 306 g/mol. The van der Waals surface area contributed by atoms with Crippen LogP contribution < -0.4 is 0 Å². The van der Waals surface area contributed by atoms with Gasteiger partial charge in [0.2, 0.25) is 0 Å². The Balaban J connectivity index is 1.82. The minimum Gasteiger partial charge on any atom is -0.256 e. The van der Waals surface area contributed by atoms with Crippen molar-refractivity contribution in [3.05, 3.63) is 78.6 Å². The number of aromatic nitrogens is 3. The van der Waals surface area contributed by atoms with Crippen LogP contribution in [0.2, 0.25) is 0 Å². The first kappa shape index (κ1) is 14.1. The van der Waals surface area contributed by atoms with Gasteiger partial charge in [-0.25, -0.2) is 9.97 Å². The fourth-order valence-corrected chi connectivity index (χ4v) is 3.37. The second kappa shape index (κ2) is 5.35. The fourth-order valence-electron chi connectivity index (χ4n) is 3.37. The predicted molar refractivity (Wildman–Crippen MR) is 103 cm³/mol. The monoisotopic (exact) mass is 321 g/mol. The standard InChI is InChI=1S/C22H15N3/c1-14-21(17-9-8-15-5-2-3-6-16(15)13-17)25-22-18-7-4-12-23-19(18)10-11-20(22)24-14/h2-13H,1H3. The largest absolute Gasteiger partial charge is 0.256 e. The molecule has 0 fully saturated rings. The summed E-state index contributed by atoms with van der Waals surface area (Å²) >= 11 is 0. The lowest BCUT2D eigenvalue weighted by Crippen LogP contribution is -1.95. The van der Waals surface area contributed by atoms with Crippen LogP contribution in [0, 0.1) is 6.92 Å². The fraction of sp³-hybridized carbons (Fsp3) is 0.0455. The van der Waals surface area contributed by atoms with Gasteiger partial charge in [0.05, 0.1) is 27.9 Å². The normalized spacial score (nSPS) is 11.4. The van der Waals surface area contributed by atoms with Crippen molar-refractivity contribution in [1.29, 1.82) is 0 Å². The molecule has 3 aromatic carbocycles. The Bertz CT molecular complexity index is 1260. The van der Waals surface area contributed by atoms with Crippen molar-refractivity contribution in [1.82, 2.24) is 15.0 Å². The Kier molecular flexibility index (Phi) is 3.01. The molecule has 0 atom stereocenters. The molecule has 3 heteroatoms. The Hall–Kier alpha value is -3.33. The zero-order valence-electron chi connectivity index (χ0n) is 13.8. The summed E-state index contributed by atoms with van der Waals surface area (Å²) in [4.78, 5) is 14.2. The third-order valence-corrected chi connectivity index (χ3v) is 4.61. The molecule has 0 radical (unpaired) electrons. The average molecular weight is 321 g/mol. The third-order valence-electron chi connectivity index (χ3n) is 4.61. The van der Waals surface area contributed by atoms with Gasteiger partial charge in [0, 0.05) is 17.1 Å². The van der Waals surface area contributed by atoms with Gasteiger partial charge in [-0.1, -0.05) is 36.4 Å². The third kappa shape index (κ3) is 2.24. The number of benzene rings is 3. The van der Waals surface area contributed by atoms with Crippen molar-refractivity contribution in [3.63, 3.8) is 0 Å². The van der Waals surface area contributed by atoms with Gasteiger partial charge in [0.25, 0.3) is 0 Å². The molecule has 3 nitrogen and oxygen atoms in total. The second-order valence-electron chi connectivity index (χ2n) is 6.22. The highest BCUT2D eigenvalue weighted by molar-refractivity contribution is 6.03. The molecule has 0 bridgehead atoms. The van der Waals surface area contributed by atoms with E-state index in [2.05, 4.69) is 53.5 Å². The maximum absolute atomic E-state index is 4.98. The van der Waals surface area contributed by atoms with Crippen molar-refractivity contribution in [2.24, 2.45) is 0 Å². The first-order chi connectivity index (χ1) is 12.3.